The van der Waals surface area contributed by atoms with Crippen molar-refractivity contribution in [1.82, 2.24) is 9.78 Å². The molecule has 2 nitrogen and oxygen atoms in total. The standard InChI is InChI=1S/C11H10BrClN2.C2H6/c1-6-4-9(13)10(12)8-5-14-15(11(6)8)7-2-3-7;1-2/h4-5,7H,2-3H2,1H3;1-2H3. The van der Waals surface area contributed by atoms with Crippen molar-refractivity contribution in [3.05, 3.63) is 27.3 Å². The summed E-state index contributed by atoms with van der Waals surface area (Å²) in [5, 5.41) is 6.33. The van der Waals surface area contributed by atoms with E-state index in [2.05, 4.69) is 32.6 Å². The number of nitrogens with zero attached hydrogens (tertiary/aromatic N) is 2. The Kier molecular flexibility index (Phi) is 3.79. The lowest BCUT2D eigenvalue weighted by molar-refractivity contribution is 0.664. The molecule has 1 aromatic carbocycles. The highest BCUT2D eigenvalue weighted by atomic mass is 79.9. The average molecular weight is 316 g/mol. The Morgan fingerprint density at radius 1 is 1.41 bits per heavy atom. The summed E-state index contributed by atoms with van der Waals surface area (Å²) in [5.74, 6) is 0. The second-order valence-corrected chi connectivity index (χ2v) is 5.27. The highest BCUT2D eigenvalue weighted by Crippen LogP contribution is 2.40. The second-order valence-electron chi connectivity index (χ2n) is 4.07. The van der Waals surface area contributed by atoms with E-state index in [4.69, 9.17) is 11.6 Å². The van der Waals surface area contributed by atoms with Gasteiger partial charge in [0, 0.05) is 9.86 Å². The number of aromatic nitrogens is 2. The van der Waals surface area contributed by atoms with Gasteiger partial charge in [-0.2, -0.15) is 5.10 Å². The Balaban J connectivity index is 0.000000514. The summed E-state index contributed by atoms with van der Waals surface area (Å²) in [5.41, 5.74) is 2.41. The molecule has 2 aromatic rings. The van der Waals surface area contributed by atoms with Gasteiger partial charge in [-0.15, -0.1) is 0 Å². The fourth-order valence-corrected chi connectivity index (χ4v) is 2.63. The van der Waals surface area contributed by atoms with E-state index in [0.29, 0.717) is 6.04 Å². The molecule has 1 aromatic heterocycles. The van der Waals surface area contributed by atoms with E-state index in [1.165, 1.54) is 23.9 Å². The van der Waals surface area contributed by atoms with Gasteiger partial charge >= 0.3 is 0 Å². The van der Waals surface area contributed by atoms with Crippen LogP contribution in [0.25, 0.3) is 10.9 Å². The minimum absolute atomic E-state index is 0.606. The molecule has 1 fully saturated rings. The van der Waals surface area contributed by atoms with Gasteiger partial charge in [-0.1, -0.05) is 25.4 Å². The summed E-state index contributed by atoms with van der Waals surface area (Å²) in [7, 11) is 0. The number of rotatable bonds is 1. The number of hydrogen-bond donors (Lipinski definition) is 0. The smallest absolute Gasteiger partial charge is 0.0727 e. The zero-order valence-corrected chi connectivity index (χ0v) is 12.6. The van der Waals surface area contributed by atoms with Crippen molar-refractivity contribution in [3.63, 3.8) is 0 Å². The third-order valence-electron chi connectivity index (χ3n) is 2.85. The van der Waals surface area contributed by atoms with Gasteiger partial charge in [-0.25, -0.2) is 0 Å². The lowest BCUT2D eigenvalue weighted by Gasteiger charge is -2.05. The molecule has 0 unspecified atom stereocenters. The normalized spacial score (nSPS) is 14.6. The lowest BCUT2D eigenvalue weighted by Crippen LogP contribution is -1.96. The molecule has 0 radical (unpaired) electrons. The van der Waals surface area contributed by atoms with Gasteiger partial charge in [0.2, 0.25) is 0 Å². The first-order valence-electron chi connectivity index (χ1n) is 6.00. The van der Waals surface area contributed by atoms with Crippen molar-refractivity contribution in [3.8, 4) is 0 Å². The summed E-state index contributed by atoms with van der Waals surface area (Å²) in [6.45, 7) is 6.08. The molecule has 0 aliphatic heterocycles. The van der Waals surface area contributed by atoms with Gasteiger partial charge in [0.15, 0.2) is 0 Å². The molecule has 92 valence electrons. The Bertz CT molecular complexity index is 544. The highest BCUT2D eigenvalue weighted by molar-refractivity contribution is 9.10. The van der Waals surface area contributed by atoms with Crippen molar-refractivity contribution >= 4 is 38.4 Å². The Labute approximate surface area is 115 Å². The molecule has 0 amide bonds. The first-order chi connectivity index (χ1) is 8.18. The predicted octanol–water partition coefficient (Wildman–Crippen LogP) is 5.12. The van der Waals surface area contributed by atoms with Crippen LogP contribution in [0.2, 0.25) is 5.02 Å². The largest absolute Gasteiger partial charge is 0.262 e. The van der Waals surface area contributed by atoms with E-state index in [1.807, 2.05) is 26.1 Å². The lowest BCUT2D eigenvalue weighted by atomic mass is 10.1. The highest BCUT2D eigenvalue weighted by Gasteiger charge is 2.27. The predicted molar refractivity (Wildman–Crippen MR) is 76.8 cm³/mol. The molecule has 0 atom stereocenters. The van der Waals surface area contributed by atoms with E-state index in [9.17, 15) is 0 Å². The number of aryl methyl sites for hydroxylation is 1. The van der Waals surface area contributed by atoms with Crippen LogP contribution >= 0.6 is 27.5 Å². The zero-order chi connectivity index (χ0) is 12.6. The molecule has 1 aliphatic rings. The Hall–Kier alpha value is -0.540. The summed E-state index contributed by atoms with van der Waals surface area (Å²) in [6.07, 6.45) is 4.39. The summed E-state index contributed by atoms with van der Waals surface area (Å²) in [4.78, 5) is 0. The minimum Gasteiger partial charge on any atom is -0.262 e. The topological polar surface area (TPSA) is 17.8 Å². The molecular formula is C13H16BrClN2. The van der Waals surface area contributed by atoms with Crippen LogP contribution in [-0.4, -0.2) is 9.78 Å². The molecular weight excluding hydrogens is 300 g/mol. The van der Waals surface area contributed by atoms with Gasteiger partial charge in [0.25, 0.3) is 0 Å². The quantitative estimate of drug-likeness (QED) is 0.714. The SMILES string of the molecule is CC.Cc1cc(Cl)c(Br)c2cnn(C3CC3)c12. The molecule has 1 aliphatic carbocycles. The van der Waals surface area contributed by atoms with Gasteiger partial charge in [0.05, 0.1) is 22.8 Å². The van der Waals surface area contributed by atoms with E-state index in [-0.39, 0.29) is 0 Å². The van der Waals surface area contributed by atoms with Crippen LogP contribution in [0, 0.1) is 6.92 Å². The van der Waals surface area contributed by atoms with Crippen molar-refractivity contribution in [2.45, 2.75) is 39.7 Å². The van der Waals surface area contributed by atoms with Crippen LogP contribution < -0.4 is 0 Å². The molecule has 1 heterocycles. The fourth-order valence-electron chi connectivity index (χ4n) is 1.96. The van der Waals surface area contributed by atoms with Crippen LogP contribution in [0.15, 0.2) is 16.7 Å². The van der Waals surface area contributed by atoms with Crippen molar-refractivity contribution in [2.24, 2.45) is 0 Å². The molecule has 3 rings (SSSR count). The third kappa shape index (κ3) is 2.23. The van der Waals surface area contributed by atoms with Gasteiger partial charge in [-0.3, -0.25) is 4.68 Å². The van der Waals surface area contributed by atoms with Gasteiger partial charge in [0.1, 0.15) is 0 Å². The summed E-state index contributed by atoms with van der Waals surface area (Å²) < 4.78 is 3.09. The van der Waals surface area contributed by atoms with E-state index >= 15 is 0 Å². The van der Waals surface area contributed by atoms with Crippen LogP contribution in [0.1, 0.15) is 38.3 Å². The van der Waals surface area contributed by atoms with Crippen LogP contribution in [0.3, 0.4) is 0 Å². The van der Waals surface area contributed by atoms with E-state index in [1.54, 1.807) is 0 Å². The Morgan fingerprint density at radius 2 is 2.06 bits per heavy atom. The Morgan fingerprint density at radius 3 is 2.65 bits per heavy atom. The number of fused-ring (bicyclic) bond motifs is 1. The summed E-state index contributed by atoms with van der Waals surface area (Å²) in [6, 6.07) is 2.60. The maximum Gasteiger partial charge on any atom is 0.0727 e. The molecule has 1 saturated carbocycles. The van der Waals surface area contributed by atoms with Crippen LogP contribution in [0.5, 0.6) is 0 Å². The van der Waals surface area contributed by atoms with Crippen molar-refractivity contribution in [2.75, 3.05) is 0 Å². The van der Waals surface area contributed by atoms with Gasteiger partial charge in [-0.05, 0) is 47.3 Å². The molecule has 0 spiro atoms. The zero-order valence-electron chi connectivity index (χ0n) is 10.3. The minimum atomic E-state index is 0.606. The molecule has 17 heavy (non-hydrogen) atoms. The molecule has 4 heteroatoms. The molecule has 0 saturated heterocycles. The van der Waals surface area contributed by atoms with E-state index < -0.39 is 0 Å². The van der Waals surface area contributed by atoms with Crippen LogP contribution in [-0.2, 0) is 0 Å². The first kappa shape index (κ1) is 12.9. The second kappa shape index (κ2) is 4.99. The summed E-state index contributed by atoms with van der Waals surface area (Å²) >= 11 is 9.63. The molecule has 0 bridgehead atoms. The van der Waals surface area contributed by atoms with Crippen molar-refractivity contribution < 1.29 is 0 Å². The molecule has 0 N–H and O–H groups in total. The maximum absolute atomic E-state index is 6.11. The fraction of sp³-hybridized carbons (Fsp3) is 0.462. The third-order valence-corrected chi connectivity index (χ3v) is 4.23. The number of halogens is 2. The van der Waals surface area contributed by atoms with Crippen LogP contribution in [0.4, 0.5) is 0 Å². The van der Waals surface area contributed by atoms with Crippen molar-refractivity contribution in [1.29, 1.82) is 0 Å². The number of hydrogen-bond acceptors (Lipinski definition) is 1. The monoisotopic (exact) mass is 314 g/mol. The number of benzene rings is 1. The first-order valence-corrected chi connectivity index (χ1v) is 7.17. The maximum atomic E-state index is 6.11. The average Bonchev–Trinajstić information content (AvgIpc) is 3.08. The van der Waals surface area contributed by atoms with Gasteiger partial charge < -0.3 is 0 Å². The van der Waals surface area contributed by atoms with E-state index in [0.717, 1.165) is 14.9 Å².